The average Bonchev–Trinajstić information content (AvgIpc) is 2.72. The fourth-order valence-electron chi connectivity index (χ4n) is 3.27. The Morgan fingerprint density at radius 2 is 2.04 bits per heavy atom. The number of amides is 1. The highest BCUT2D eigenvalue weighted by Gasteiger charge is 2.18. The van der Waals surface area contributed by atoms with Crippen LogP contribution in [0.3, 0.4) is 0 Å². The highest BCUT2D eigenvalue weighted by atomic mass is 16.5. The zero-order valence-corrected chi connectivity index (χ0v) is 15.9. The third-order valence-corrected chi connectivity index (χ3v) is 4.71. The van der Waals surface area contributed by atoms with Crippen molar-refractivity contribution in [3.05, 3.63) is 54.1 Å². The van der Waals surface area contributed by atoms with Gasteiger partial charge in [-0.2, -0.15) is 0 Å². The quantitative estimate of drug-likeness (QED) is 0.702. The minimum atomic E-state index is -0.0509. The number of hydrogen-bond acceptors (Lipinski definition) is 4. The highest BCUT2D eigenvalue weighted by molar-refractivity contribution is 5.95. The number of carbonyl (C=O) groups excluding carboxylic acids is 1. The van der Waals surface area contributed by atoms with Gasteiger partial charge < -0.3 is 20.1 Å². The average molecular weight is 368 g/mol. The molecule has 1 aliphatic rings. The molecule has 2 aromatic carbocycles. The molecule has 1 aliphatic heterocycles. The van der Waals surface area contributed by atoms with Crippen molar-refractivity contribution in [2.24, 2.45) is 0 Å². The molecule has 1 heterocycles. The Hall–Kier alpha value is -2.37. The lowest BCUT2D eigenvalue weighted by Crippen LogP contribution is -2.45. The zero-order valence-electron chi connectivity index (χ0n) is 15.9. The molecular formula is C22H28N2O3. The number of nitrogens with one attached hydrogen (secondary N) is 2. The molecule has 2 aromatic rings. The Balaban J connectivity index is 1.77. The molecule has 2 N–H and O–H groups in total. The summed E-state index contributed by atoms with van der Waals surface area (Å²) in [6, 6.07) is 16.0. The molecule has 144 valence electrons. The second-order valence-corrected chi connectivity index (χ2v) is 6.79. The molecule has 3 rings (SSSR count). The minimum absolute atomic E-state index is 0.0509. The van der Waals surface area contributed by atoms with Crippen molar-refractivity contribution in [1.82, 2.24) is 10.6 Å². The summed E-state index contributed by atoms with van der Waals surface area (Å²) in [6.45, 7) is 3.05. The molecule has 0 aromatic heterocycles. The summed E-state index contributed by atoms with van der Waals surface area (Å²) < 4.78 is 11.1. The van der Waals surface area contributed by atoms with E-state index in [2.05, 4.69) is 10.6 Å². The SMILES string of the molecule is COCCCOc1cc(C(=O)N[C@@H]2CCCNC2)ccc1-c1ccccc1. The van der Waals surface area contributed by atoms with Gasteiger partial charge >= 0.3 is 0 Å². The predicted octanol–water partition coefficient (Wildman–Crippen LogP) is 3.25. The van der Waals surface area contributed by atoms with Gasteiger partial charge in [0.2, 0.25) is 0 Å². The monoisotopic (exact) mass is 368 g/mol. The molecular weight excluding hydrogens is 340 g/mol. The van der Waals surface area contributed by atoms with Crippen LogP contribution in [-0.4, -0.2) is 45.4 Å². The van der Waals surface area contributed by atoms with Crippen molar-refractivity contribution < 1.29 is 14.3 Å². The van der Waals surface area contributed by atoms with Crippen LogP contribution < -0.4 is 15.4 Å². The van der Waals surface area contributed by atoms with Crippen molar-refractivity contribution in [2.45, 2.75) is 25.3 Å². The van der Waals surface area contributed by atoms with E-state index in [4.69, 9.17) is 9.47 Å². The van der Waals surface area contributed by atoms with Crippen LogP contribution in [0.1, 0.15) is 29.6 Å². The lowest BCUT2D eigenvalue weighted by molar-refractivity contribution is 0.0930. The summed E-state index contributed by atoms with van der Waals surface area (Å²) in [5, 5.41) is 6.44. The fraction of sp³-hybridized carbons (Fsp3) is 0.409. The zero-order chi connectivity index (χ0) is 18.9. The number of carbonyl (C=O) groups is 1. The van der Waals surface area contributed by atoms with Crippen LogP contribution in [0.5, 0.6) is 5.75 Å². The lowest BCUT2D eigenvalue weighted by Gasteiger charge is -2.24. The third-order valence-electron chi connectivity index (χ3n) is 4.71. The van der Waals surface area contributed by atoms with Crippen LogP contribution >= 0.6 is 0 Å². The first-order valence-corrected chi connectivity index (χ1v) is 9.60. The van der Waals surface area contributed by atoms with E-state index in [9.17, 15) is 4.79 Å². The van der Waals surface area contributed by atoms with E-state index in [0.717, 1.165) is 49.2 Å². The fourth-order valence-corrected chi connectivity index (χ4v) is 3.27. The molecule has 1 atom stereocenters. The number of ether oxygens (including phenoxy) is 2. The Kier molecular flexibility index (Phi) is 7.25. The van der Waals surface area contributed by atoms with Crippen LogP contribution in [0.15, 0.2) is 48.5 Å². The Bertz CT molecular complexity index is 728. The van der Waals surface area contributed by atoms with Gasteiger partial charge in [-0.25, -0.2) is 0 Å². The maximum Gasteiger partial charge on any atom is 0.251 e. The van der Waals surface area contributed by atoms with E-state index in [0.29, 0.717) is 18.8 Å². The normalized spacial score (nSPS) is 16.7. The van der Waals surface area contributed by atoms with Crippen LogP contribution in [0.25, 0.3) is 11.1 Å². The minimum Gasteiger partial charge on any atom is -0.493 e. The summed E-state index contributed by atoms with van der Waals surface area (Å²) in [6.07, 6.45) is 2.90. The lowest BCUT2D eigenvalue weighted by atomic mass is 10.0. The van der Waals surface area contributed by atoms with Crippen LogP contribution in [0.2, 0.25) is 0 Å². The van der Waals surface area contributed by atoms with Crippen LogP contribution in [-0.2, 0) is 4.74 Å². The van der Waals surface area contributed by atoms with Gasteiger partial charge in [0.1, 0.15) is 5.75 Å². The van der Waals surface area contributed by atoms with E-state index in [1.165, 1.54) is 0 Å². The molecule has 0 radical (unpaired) electrons. The largest absolute Gasteiger partial charge is 0.493 e. The number of piperidine rings is 1. The van der Waals surface area contributed by atoms with Gasteiger partial charge in [0.15, 0.2) is 0 Å². The van der Waals surface area contributed by atoms with Crippen molar-refractivity contribution >= 4 is 5.91 Å². The highest BCUT2D eigenvalue weighted by Crippen LogP contribution is 2.31. The van der Waals surface area contributed by atoms with E-state index >= 15 is 0 Å². The van der Waals surface area contributed by atoms with E-state index in [1.54, 1.807) is 7.11 Å². The number of rotatable bonds is 8. The Labute approximate surface area is 161 Å². The molecule has 0 unspecified atom stereocenters. The van der Waals surface area contributed by atoms with Gasteiger partial charge in [-0.15, -0.1) is 0 Å². The van der Waals surface area contributed by atoms with E-state index in [1.807, 2.05) is 48.5 Å². The first-order valence-electron chi connectivity index (χ1n) is 9.60. The first kappa shape index (κ1) is 19.4. The molecule has 0 aliphatic carbocycles. The summed E-state index contributed by atoms with van der Waals surface area (Å²) in [7, 11) is 1.68. The van der Waals surface area contributed by atoms with Crippen LogP contribution in [0.4, 0.5) is 0 Å². The number of hydrogen-bond donors (Lipinski definition) is 2. The molecule has 0 bridgehead atoms. The van der Waals surface area contributed by atoms with Gasteiger partial charge in [-0.3, -0.25) is 4.79 Å². The Morgan fingerprint density at radius 3 is 2.78 bits per heavy atom. The predicted molar refractivity (Wildman–Crippen MR) is 107 cm³/mol. The molecule has 0 spiro atoms. The summed E-state index contributed by atoms with van der Waals surface area (Å²) in [5.74, 6) is 0.678. The summed E-state index contributed by atoms with van der Waals surface area (Å²) >= 11 is 0. The summed E-state index contributed by atoms with van der Waals surface area (Å²) in [4.78, 5) is 12.7. The smallest absolute Gasteiger partial charge is 0.251 e. The molecule has 5 heteroatoms. The molecule has 1 fully saturated rings. The molecule has 27 heavy (non-hydrogen) atoms. The first-order chi connectivity index (χ1) is 13.3. The van der Waals surface area contributed by atoms with Crippen molar-refractivity contribution in [3.63, 3.8) is 0 Å². The standard InChI is InChI=1S/C22H28N2O3/c1-26-13-6-14-27-21-15-18(22(25)24-19-9-5-12-23-16-19)10-11-20(21)17-7-3-2-4-8-17/h2-4,7-8,10-11,15,19,23H,5-6,9,12-14,16H2,1H3,(H,24,25)/t19-/m1/s1. The van der Waals surface area contributed by atoms with E-state index in [-0.39, 0.29) is 11.9 Å². The van der Waals surface area contributed by atoms with Gasteiger partial charge in [0.25, 0.3) is 5.91 Å². The molecule has 0 saturated carbocycles. The van der Waals surface area contributed by atoms with Gasteiger partial charge in [-0.1, -0.05) is 30.3 Å². The maximum atomic E-state index is 12.7. The maximum absolute atomic E-state index is 12.7. The summed E-state index contributed by atoms with van der Waals surface area (Å²) in [5.41, 5.74) is 2.69. The van der Waals surface area contributed by atoms with Crippen LogP contribution in [0, 0.1) is 0 Å². The molecule has 1 amide bonds. The van der Waals surface area contributed by atoms with Gasteiger partial charge in [0.05, 0.1) is 6.61 Å². The molecule has 1 saturated heterocycles. The Morgan fingerprint density at radius 1 is 1.19 bits per heavy atom. The second kappa shape index (κ2) is 10.1. The van der Waals surface area contributed by atoms with Crippen molar-refractivity contribution in [3.8, 4) is 16.9 Å². The molecule has 5 nitrogen and oxygen atoms in total. The second-order valence-electron chi connectivity index (χ2n) is 6.79. The van der Waals surface area contributed by atoms with Gasteiger partial charge in [0, 0.05) is 43.9 Å². The van der Waals surface area contributed by atoms with E-state index < -0.39 is 0 Å². The van der Waals surface area contributed by atoms with Crippen molar-refractivity contribution in [2.75, 3.05) is 33.4 Å². The van der Waals surface area contributed by atoms with Crippen molar-refractivity contribution in [1.29, 1.82) is 0 Å². The third kappa shape index (κ3) is 5.55. The number of methoxy groups -OCH3 is 1. The number of benzene rings is 2. The topological polar surface area (TPSA) is 59.6 Å². The van der Waals surface area contributed by atoms with Gasteiger partial charge in [-0.05, 0) is 43.1 Å².